The summed E-state index contributed by atoms with van der Waals surface area (Å²) in [7, 11) is 0. The van der Waals surface area contributed by atoms with Crippen molar-refractivity contribution in [3.05, 3.63) is 101 Å². The zero-order valence-electron chi connectivity index (χ0n) is 17.1. The lowest BCUT2D eigenvalue weighted by molar-refractivity contribution is 0.0893. The second-order valence-electron chi connectivity index (χ2n) is 7.70. The highest BCUT2D eigenvalue weighted by atomic mass is 32.2. The van der Waals surface area contributed by atoms with Crippen molar-refractivity contribution in [3.8, 4) is 0 Å². The van der Waals surface area contributed by atoms with Gasteiger partial charge in [0.15, 0.2) is 4.34 Å². The summed E-state index contributed by atoms with van der Waals surface area (Å²) in [4.78, 5) is 32.5. The molecule has 0 unspecified atom stereocenters. The van der Waals surface area contributed by atoms with Crippen molar-refractivity contribution in [3.63, 3.8) is 0 Å². The predicted molar refractivity (Wildman–Crippen MR) is 131 cm³/mol. The maximum atomic E-state index is 13.3. The minimum Gasteiger partial charge on any atom is -0.268 e. The third-order valence-electron chi connectivity index (χ3n) is 5.66. The zero-order chi connectivity index (χ0) is 22.5. The average Bonchev–Trinajstić information content (AvgIpc) is 3.24. The van der Waals surface area contributed by atoms with E-state index in [9.17, 15) is 14.0 Å². The van der Waals surface area contributed by atoms with Gasteiger partial charge >= 0.3 is 0 Å². The number of carbonyl (C=O) groups is 2. The molecule has 0 bridgehead atoms. The third kappa shape index (κ3) is 3.41. The smallest absolute Gasteiger partial charge is 0.265 e. The van der Waals surface area contributed by atoms with E-state index in [2.05, 4.69) is 4.98 Å². The molecule has 160 valence electrons. The number of benzene rings is 4. The van der Waals surface area contributed by atoms with Gasteiger partial charge in [0.25, 0.3) is 11.8 Å². The first-order valence-electron chi connectivity index (χ1n) is 10.3. The maximum Gasteiger partial charge on any atom is 0.265 e. The number of anilines is 1. The lowest BCUT2D eigenvalue weighted by atomic mass is 9.94. The Morgan fingerprint density at radius 3 is 2.27 bits per heavy atom. The van der Waals surface area contributed by atoms with Gasteiger partial charge in [-0.15, -0.1) is 11.3 Å². The van der Waals surface area contributed by atoms with E-state index in [1.165, 1.54) is 28.4 Å². The van der Waals surface area contributed by atoms with Gasteiger partial charge in [-0.05, 0) is 53.4 Å². The van der Waals surface area contributed by atoms with Crippen LogP contribution in [-0.4, -0.2) is 16.8 Å². The number of nitrogens with zero attached hydrogens (tertiary/aromatic N) is 2. The SMILES string of the molecule is O=C1c2cccc3cccc(c23)C(=O)N1c1ccc2nc(SCc3ccc(F)cc3)sc2c1. The van der Waals surface area contributed by atoms with Crippen LogP contribution in [0.3, 0.4) is 0 Å². The number of carbonyl (C=O) groups excluding carboxylic acids is 2. The van der Waals surface area contributed by atoms with Crippen molar-refractivity contribution in [2.24, 2.45) is 0 Å². The largest absolute Gasteiger partial charge is 0.268 e. The molecule has 5 aromatic rings. The van der Waals surface area contributed by atoms with Gasteiger partial charge in [0.2, 0.25) is 0 Å². The van der Waals surface area contributed by atoms with Crippen molar-refractivity contribution < 1.29 is 14.0 Å². The zero-order valence-corrected chi connectivity index (χ0v) is 18.8. The van der Waals surface area contributed by atoms with E-state index in [0.29, 0.717) is 28.0 Å². The van der Waals surface area contributed by atoms with Gasteiger partial charge in [-0.3, -0.25) is 9.59 Å². The molecule has 0 aliphatic carbocycles. The van der Waals surface area contributed by atoms with Crippen LogP contribution in [0.25, 0.3) is 21.0 Å². The molecule has 0 radical (unpaired) electrons. The summed E-state index contributed by atoms with van der Waals surface area (Å²) in [6.45, 7) is 0. The van der Waals surface area contributed by atoms with Crippen LogP contribution in [0.4, 0.5) is 10.1 Å². The van der Waals surface area contributed by atoms with E-state index >= 15 is 0 Å². The number of thiazole rings is 1. The van der Waals surface area contributed by atoms with Crippen molar-refractivity contribution in [1.82, 2.24) is 4.98 Å². The summed E-state index contributed by atoms with van der Waals surface area (Å²) < 4.78 is 14.9. The van der Waals surface area contributed by atoms with Crippen LogP contribution in [0, 0.1) is 5.82 Å². The van der Waals surface area contributed by atoms with Crippen LogP contribution < -0.4 is 4.90 Å². The molecular formula is C26H15FN2O2S2. The summed E-state index contributed by atoms with van der Waals surface area (Å²) in [6, 6.07) is 22.9. The molecule has 0 atom stereocenters. The van der Waals surface area contributed by atoms with E-state index < -0.39 is 0 Å². The monoisotopic (exact) mass is 470 g/mol. The van der Waals surface area contributed by atoms with Crippen LogP contribution in [0.5, 0.6) is 0 Å². The quantitative estimate of drug-likeness (QED) is 0.217. The Kier molecular flexibility index (Phi) is 4.74. The van der Waals surface area contributed by atoms with Crippen LogP contribution in [-0.2, 0) is 5.75 Å². The Bertz CT molecular complexity index is 1530. The van der Waals surface area contributed by atoms with Crippen molar-refractivity contribution in [2.45, 2.75) is 10.1 Å². The molecule has 1 aliphatic rings. The standard InChI is InChI=1S/C26H15FN2O2S2/c27-17-9-7-15(8-10-17)14-32-26-28-21-12-11-18(13-22(21)33-26)29-24(30)19-5-1-3-16-4-2-6-20(23(16)19)25(29)31/h1-13H,14H2. The van der Waals surface area contributed by atoms with Crippen LogP contribution >= 0.6 is 23.1 Å². The number of hydrogen-bond acceptors (Lipinski definition) is 5. The summed E-state index contributed by atoms with van der Waals surface area (Å²) in [5.74, 6) is -0.216. The molecule has 33 heavy (non-hydrogen) atoms. The number of halogens is 1. The normalized spacial score (nSPS) is 13.3. The molecule has 7 heteroatoms. The minimum atomic E-state index is -0.320. The highest BCUT2D eigenvalue weighted by Crippen LogP contribution is 2.37. The Morgan fingerprint density at radius 1 is 0.879 bits per heavy atom. The van der Waals surface area contributed by atoms with Gasteiger partial charge in [-0.2, -0.15) is 0 Å². The fraction of sp³-hybridized carbons (Fsp3) is 0.0385. The molecule has 4 aromatic carbocycles. The molecule has 0 spiro atoms. The molecule has 4 nitrogen and oxygen atoms in total. The highest BCUT2D eigenvalue weighted by molar-refractivity contribution is 8.00. The van der Waals surface area contributed by atoms with E-state index in [4.69, 9.17) is 0 Å². The van der Waals surface area contributed by atoms with Gasteiger partial charge in [0.05, 0.1) is 15.9 Å². The number of hydrogen-bond donors (Lipinski definition) is 0. The molecule has 0 fully saturated rings. The first kappa shape index (κ1) is 20.1. The molecule has 1 aromatic heterocycles. The fourth-order valence-electron chi connectivity index (χ4n) is 4.08. The lowest BCUT2D eigenvalue weighted by Crippen LogP contribution is -2.40. The number of amides is 2. The second kappa shape index (κ2) is 7.79. The molecule has 0 saturated heterocycles. The number of rotatable bonds is 4. The molecule has 2 heterocycles. The first-order valence-corrected chi connectivity index (χ1v) is 12.1. The van der Waals surface area contributed by atoms with E-state index in [0.717, 1.165) is 25.5 Å². The number of thioether (sulfide) groups is 1. The Labute approximate surface area is 196 Å². The summed E-state index contributed by atoms with van der Waals surface area (Å²) in [5, 5.41) is 1.59. The topological polar surface area (TPSA) is 50.3 Å². The Hall–Kier alpha value is -3.55. The first-order chi connectivity index (χ1) is 16.1. The Balaban J connectivity index is 1.33. The molecule has 0 N–H and O–H groups in total. The van der Waals surface area contributed by atoms with Crippen molar-refractivity contribution in [2.75, 3.05) is 4.90 Å². The van der Waals surface area contributed by atoms with Crippen LogP contribution in [0.1, 0.15) is 26.3 Å². The minimum absolute atomic E-state index is 0.253. The third-order valence-corrected chi connectivity index (χ3v) is 7.89. The summed E-state index contributed by atoms with van der Waals surface area (Å²) >= 11 is 3.08. The fourth-order valence-corrected chi connectivity index (χ4v) is 6.14. The summed E-state index contributed by atoms with van der Waals surface area (Å²) in [6.07, 6.45) is 0. The van der Waals surface area contributed by atoms with Gasteiger partial charge in [0, 0.05) is 22.3 Å². The van der Waals surface area contributed by atoms with Gasteiger partial charge in [-0.1, -0.05) is 48.2 Å². The molecule has 6 rings (SSSR count). The van der Waals surface area contributed by atoms with E-state index in [1.807, 2.05) is 36.4 Å². The summed E-state index contributed by atoms with van der Waals surface area (Å²) in [5.41, 5.74) is 3.41. The van der Waals surface area contributed by atoms with E-state index in [-0.39, 0.29) is 17.6 Å². The number of imide groups is 1. The molecule has 1 aliphatic heterocycles. The van der Waals surface area contributed by atoms with Crippen molar-refractivity contribution >= 4 is 61.6 Å². The number of aromatic nitrogens is 1. The molecular weight excluding hydrogens is 455 g/mol. The maximum absolute atomic E-state index is 13.3. The second-order valence-corrected chi connectivity index (χ2v) is 9.96. The van der Waals surface area contributed by atoms with Crippen LogP contribution in [0.2, 0.25) is 0 Å². The average molecular weight is 471 g/mol. The Morgan fingerprint density at radius 2 is 1.58 bits per heavy atom. The van der Waals surface area contributed by atoms with Crippen molar-refractivity contribution in [1.29, 1.82) is 0 Å². The number of fused-ring (bicyclic) bond motifs is 1. The molecule has 2 amide bonds. The van der Waals surface area contributed by atoms with E-state index in [1.54, 1.807) is 42.1 Å². The van der Waals surface area contributed by atoms with Crippen LogP contribution in [0.15, 0.2) is 83.2 Å². The van der Waals surface area contributed by atoms with Gasteiger partial charge in [0.1, 0.15) is 5.82 Å². The van der Waals surface area contributed by atoms with Gasteiger partial charge in [-0.25, -0.2) is 14.3 Å². The predicted octanol–water partition coefficient (Wildman–Crippen LogP) is 6.68. The lowest BCUT2D eigenvalue weighted by Gasteiger charge is -2.27. The van der Waals surface area contributed by atoms with Gasteiger partial charge < -0.3 is 0 Å². The molecule has 0 saturated carbocycles. The highest BCUT2D eigenvalue weighted by Gasteiger charge is 2.34.